The van der Waals surface area contributed by atoms with Gasteiger partial charge in [0.05, 0.1) is 12.3 Å². The Morgan fingerprint density at radius 2 is 2.39 bits per heavy atom. The van der Waals surface area contributed by atoms with Crippen molar-refractivity contribution in [1.29, 1.82) is 5.26 Å². The standard InChI is InChI=1S/C14H17FN2O/c1-17(9-11-4-3-7-18-10-11)14-6-2-5-13(15)12(14)8-16/h2,5-6,11H,3-4,7,9-10H2,1H3. The summed E-state index contributed by atoms with van der Waals surface area (Å²) in [5.74, 6) is 0.000282. The molecule has 1 aliphatic heterocycles. The molecule has 1 aliphatic rings. The van der Waals surface area contributed by atoms with E-state index in [0.29, 0.717) is 11.6 Å². The first kappa shape index (κ1) is 12.8. The van der Waals surface area contributed by atoms with Crippen LogP contribution < -0.4 is 4.90 Å². The van der Waals surface area contributed by atoms with Gasteiger partial charge in [-0.15, -0.1) is 0 Å². The topological polar surface area (TPSA) is 36.3 Å². The van der Waals surface area contributed by atoms with Crippen molar-refractivity contribution in [2.24, 2.45) is 5.92 Å². The molecule has 1 heterocycles. The lowest BCUT2D eigenvalue weighted by Crippen LogP contribution is -2.31. The first-order valence-corrected chi connectivity index (χ1v) is 6.20. The number of halogens is 1. The zero-order valence-electron chi connectivity index (χ0n) is 10.5. The van der Waals surface area contributed by atoms with Gasteiger partial charge in [-0.3, -0.25) is 0 Å². The van der Waals surface area contributed by atoms with Crippen LogP contribution >= 0.6 is 0 Å². The zero-order chi connectivity index (χ0) is 13.0. The molecular weight excluding hydrogens is 231 g/mol. The summed E-state index contributed by atoms with van der Waals surface area (Å²) in [6.07, 6.45) is 2.20. The van der Waals surface area contributed by atoms with Gasteiger partial charge in [0.25, 0.3) is 0 Å². The highest BCUT2D eigenvalue weighted by Crippen LogP contribution is 2.24. The molecule has 1 aromatic carbocycles. The molecule has 4 heteroatoms. The molecule has 96 valence electrons. The molecule has 0 bridgehead atoms. The number of nitrogens with zero attached hydrogens (tertiary/aromatic N) is 2. The molecule has 1 unspecified atom stereocenters. The minimum Gasteiger partial charge on any atom is -0.381 e. The Labute approximate surface area is 107 Å². The van der Waals surface area contributed by atoms with E-state index in [1.807, 2.05) is 18.0 Å². The fraction of sp³-hybridized carbons (Fsp3) is 0.500. The highest BCUT2D eigenvalue weighted by atomic mass is 19.1. The summed E-state index contributed by atoms with van der Waals surface area (Å²) < 4.78 is 18.9. The first-order valence-electron chi connectivity index (χ1n) is 6.20. The summed E-state index contributed by atoms with van der Waals surface area (Å²) in [6, 6.07) is 6.67. The fourth-order valence-corrected chi connectivity index (χ4v) is 2.38. The van der Waals surface area contributed by atoms with E-state index >= 15 is 0 Å². The fourth-order valence-electron chi connectivity index (χ4n) is 2.38. The molecular formula is C14H17FN2O. The van der Waals surface area contributed by atoms with Crippen LogP contribution in [-0.4, -0.2) is 26.8 Å². The van der Waals surface area contributed by atoms with E-state index in [-0.39, 0.29) is 5.56 Å². The number of nitriles is 1. The molecule has 1 saturated heterocycles. The van der Waals surface area contributed by atoms with Gasteiger partial charge in [0.1, 0.15) is 17.4 Å². The number of rotatable bonds is 3. The predicted molar refractivity (Wildman–Crippen MR) is 67.9 cm³/mol. The maximum atomic E-state index is 13.5. The van der Waals surface area contributed by atoms with Crippen LogP contribution in [0, 0.1) is 23.1 Å². The summed E-state index contributed by atoms with van der Waals surface area (Å²) in [4.78, 5) is 1.95. The average Bonchev–Trinajstić information content (AvgIpc) is 2.39. The Kier molecular flexibility index (Phi) is 4.16. The van der Waals surface area contributed by atoms with Gasteiger partial charge in [-0.05, 0) is 30.9 Å². The van der Waals surface area contributed by atoms with Crippen molar-refractivity contribution in [3.8, 4) is 6.07 Å². The first-order chi connectivity index (χ1) is 8.72. The Morgan fingerprint density at radius 3 is 3.06 bits per heavy atom. The Morgan fingerprint density at radius 1 is 1.56 bits per heavy atom. The molecule has 1 aromatic rings. The molecule has 18 heavy (non-hydrogen) atoms. The monoisotopic (exact) mass is 248 g/mol. The lowest BCUT2D eigenvalue weighted by molar-refractivity contribution is 0.0576. The lowest BCUT2D eigenvalue weighted by Gasteiger charge is -2.28. The number of hydrogen-bond acceptors (Lipinski definition) is 3. The van der Waals surface area contributed by atoms with Gasteiger partial charge in [0.15, 0.2) is 0 Å². The zero-order valence-corrected chi connectivity index (χ0v) is 10.5. The predicted octanol–water partition coefficient (Wildman–Crippen LogP) is 2.56. The normalized spacial score (nSPS) is 19.3. The smallest absolute Gasteiger partial charge is 0.143 e. The van der Waals surface area contributed by atoms with E-state index in [1.165, 1.54) is 6.07 Å². The van der Waals surface area contributed by atoms with E-state index in [0.717, 1.165) is 32.6 Å². The summed E-state index contributed by atoms with van der Waals surface area (Å²) in [6.45, 7) is 2.38. The molecule has 0 N–H and O–H groups in total. The van der Waals surface area contributed by atoms with Crippen molar-refractivity contribution in [3.63, 3.8) is 0 Å². The highest BCUT2D eigenvalue weighted by Gasteiger charge is 2.18. The third kappa shape index (κ3) is 2.80. The van der Waals surface area contributed by atoms with Gasteiger partial charge in [-0.2, -0.15) is 5.26 Å². The minimum absolute atomic E-state index is 0.122. The van der Waals surface area contributed by atoms with Crippen molar-refractivity contribution in [2.75, 3.05) is 31.7 Å². The van der Waals surface area contributed by atoms with Gasteiger partial charge in [-0.25, -0.2) is 4.39 Å². The van der Waals surface area contributed by atoms with Crippen molar-refractivity contribution in [3.05, 3.63) is 29.6 Å². The van der Waals surface area contributed by atoms with Gasteiger partial charge in [-0.1, -0.05) is 6.07 Å². The SMILES string of the molecule is CN(CC1CCCOC1)c1cccc(F)c1C#N. The van der Waals surface area contributed by atoms with Gasteiger partial charge < -0.3 is 9.64 Å². The van der Waals surface area contributed by atoms with E-state index in [4.69, 9.17) is 10.00 Å². The molecule has 0 radical (unpaired) electrons. The molecule has 0 amide bonds. The molecule has 1 atom stereocenters. The van der Waals surface area contributed by atoms with Gasteiger partial charge >= 0.3 is 0 Å². The average molecular weight is 248 g/mol. The Bertz CT molecular complexity index is 450. The summed E-state index contributed by atoms with van der Waals surface area (Å²) in [7, 11) is 1.89. The molecule has 0 aromatic heterocycles. The quantitative estimate of drug-likeness (QED) is 0.824. The van der Waals surface area contributed by atoms with E-state index < -0.39 is 5.82 Å². The van der Waals surface area contributed by atoms with Crippen molar-refractivity contribution >= 4 is 5.69 Å². The summed E-state index contributed by atoms with van der Waals surface area (Å²) in [5, 5.41) is 9.01. The van der Waals surface area contributed by atoms with Crippen LogP contribution in [0.3, 0.4) is 0 Å². The Balaban J connectivity index is 2.11. The van der Waals surface area contributed by atoms with E-state index in [2.05, 4.69) is 0 Å². The van der Waals surface area contributed by atoms with Crippen LogP contribution in [0.5, 0.6) is 0 Å². The van der Waals surface area contributed by atoms with Crippen molar-refractivity contribution in [2.45, 2.75) is 12.8 Å². The van der Waals surface area contributed by atoms with E-state index in [9.17, 15) is 4.39 Å². The van der Waals surface area contributed by atoms with Gasteiger partial charge in [0, 0.05) is 20.2 Å². The van der Waals surface area contributed by atoms with Crippen LogP contribution in [0.1, 0.15) is 18.4 Å². The molecule has 0 spiro atoms. The van der Waals surface area contributed by atoms with E-state index in [1.54, 1.807) is 12.1 Å². The third-order valence-electron chi connectivity index (χ3n) is 3.30. The largest absolute Gasteiger partial charge is 0.381 e. The molecule has 2 rings (SSSR count). The van der Waals surface area contributed by atoms with Gasteiger partial charge in [0.2, 0.25) is 0 Å². The number of anilines is 1. The van der Waals surface area contributed by atoms with Crippen LogP contribution in [0.4, 0.5) is 10.1 Å². The summed E-state index contributed by atoms with van der Waals surface area (Å²) in [5.41, 5.74) is 0.778. The number of benzene rings is 1. The van der Waals surface area contributed by atoms with Crippen LogP contribution in [0.2, 0.25) is 0 Å². The molecule has 1 fully saturated rings. The number of hydrogen-bond donors (Lipinski definition) is 0. The maximum absolute atomic E-state index is 13.5. The highest BCUT2D eigenvalue weighted by molar-refractivity contribution is 5.59. The second-order valence-corrected chi connectivity index (χ2v) is 4.71. The molecule has 0 saturated carbocycles. The lowest BCUT2D eigenvalue weighted by atomic mass is 10.0. The van der Waals surface area contributed by atoms with Crippen molar-refractivity contribution in [1.82, 2.24) is 0 Å². The maximum Gasteiger partial charge on any atom is 0.143 e. The minimum atomic E-state index is -0.457. The van der Waals surface area contributed by atoms with Crippen molar-refractivity contribution < 1.29 is 9.13 Å². The Hall–Kier alpha value is -1.60. The molecule has 3 nitrogen and oxygen atoms in total. The summed E-state index contributed by atoms with van der Waals surface area (Å²) >= 11 is 0. The van der Waals surface area contributed by atoms with Crippen LogP contribution in [0.25, 0.3) is 0 Å². The molecule has 0 aliphatic carbocycles. The number of ether oxygens (including phenoxy) is 1. The van der Waals surface area contributed by atoms with Crippen LogP contribution in [0.15, 0.2) is 18.2 Å². The van der Waals surface area contributed by atoms with Crippen LogP contribution in [-0.2, 0) is 4.74 Å². The second kappa shape index (κ2) is 5.83. The second-order valence-electron chi connectivity index (χ2n) is 4.71. The third-order valence-corrected chi connectivity index (χ3v) is 3.30.